The molecule has 0 saturated heterocycles. The molecule has 5 heteroatoms. The third-order valence-electron chi connectivity index (χ3n) is 8.15. The predicted molar refractivity (Wildman–Crippen MR) is 154 cm³/mol. The molecule has 5 nitrogen and oxygen atoms in total. The van der Waals surface area contributed by atoms with E-state index in [1.165, 1.54) is 32.4 Å². The lowest BCUT2D eigenvalue weighted by Crippen LogP contribution is -2.33. The van der Waals surface area contributed by atoms with E-state index >= 15 is 0 Å². The number of hydrogen-bond acceptors (Lipinski definition) is 5. The smallest absolute Gasteiger partial charge is 0.330 e. The maximum absolute atomic E-state index is 11.8. The lowest BCUT2D eigenvalue weighted by molar-refractivity contribution is -0.134. The maximum atomic E-state index is 11.8. The number of aryl methyl sites for hydroxylation is 1. The van der Waals surface area contributed by atoms with E-state index in [4.69, 9.17) is 10.5 Å². The third-order valence-corrected chi connectivity index (χ3v) is 8.15. The molecule has 2 aliphatic rings. The van der Waals surface area contributed by atoms with Crippen LogP contribution in [0.15, 0.2) is 85.1 Å². The number of carbonyl (C=O) groups excluding carboxylic acids is 1. The van der Waals surface area contributed by atoms with Gasteiger partial charge in [0.2, 0.25) is 0 Å². The summed E-state index contributed by atoms with van der Waals surface area (Å²) in [6, 6.07) is 21.9. The number of aliphatic hydroxyl groups is 1. The average Bonchev–Trinajstić information content (AvgIpc) is 3.56. The number of nitrogens with zero attached hydrogens (tertiary/aromatic N) is 1. The number of methoxy groups -OCH3 is 1. The van der Waals surface area contributed by atoms with Crippen molar-refractivity contribution in [2.75, 3.05) is 17.7 Å². The lowest BCUT2D eigenvalue weighted by atomic mass is 9.85. The van der Waals surface area contributed by atoms with Gasteiger partial charge in [0.05, 0.1) is 7.11 Å². The van der Waals surface area contributed by atoms with Gasteiger partial charge in [-0.15, -0.1) is 0 Å². The molecule has 38 heavy (non-hydrogen) atoms. The summed E-state index contributed by atoms with van der Waals surface area (Å²) < 4.78 is 4.76. The van der Waals surface area contributed by atoms with Crippen LogP contribution in [0.4, 0.5) is 11.4 Å². The van der Waals surface area contributed by atoms with Crippen molar-refractivity contribution in [2.45, 2.75) is 38.8 Å². The minimum absolute atomic E-state index is 0.354. The fourth-order valence-electron chi connectivity index (χ4n) is 6.23. The topological polar surface area (TPSA) is 75.8 Å². The van der Waals surface area contributed by atoms with Gasteiger partial charge in [-0.2, -0.15) is 0 Å². The summed E-state index contributed by atoms with van der Waals surface area (Å²) >= 11 is 0. The summed E-state index contributed by atoms with van der Waals surface area (Å²) in [5.74, 6) is 1.33. The van der Waals surface area contributed by atoms with Gasteiger partial charge in [-0.1, -0.05) is 55.5 Å². The van der Waals surface area contributed by atoms with E-state index in [0.717, 1.165) is 57.2 Å². The highest BCUT2D eigenvalue weighted by Crippen LogP contribution is 2.52. The normalized spacial score (nSPS) is 21.0. The van der Waals surface area contributed by atoms with Crippen LogP contribution in [0.2, 0.25) is 0 Å². The Bertz CT molecular complexity index is 1340. The molecule has 0 radical (unpaired) electrons. The van der Waals surface area contributed by atoms with Gasteiger partial charge < -0.3 is 20.5 Å². The highest BCUT2D eigenvalue weighted by atomic mass is 16.5. The highest BCUT2D eigenvalue weighted by molar-refractivity contribution is 5.87. The Labute approximate surface area is 225 Å². The zero-order valence-electron chi connectivity index (χ0n) is 22.1. The van der Waals surface area contributed by atoms with Crippen LogP contribution >= 0.6 is 0 Å². The molecule has 3 aromatic carbocycles. The number of benzene rings is 3. The highest BCUT2D eigenvalue weighted by Gasteiger charge is 2.43. The van der Waals surface area contributed by atoms with Gasteiger partial charge in [0.15, 0.2) is 6.23 Å². The quantitative estimate of drug-likeness (QED) is 0.150. The van der Waals surface area contributed by atoms with Gasteiger partial charge in [-0.05, 0) is 90.6 Å². The number of anilines is 2. The number of rotatable bonds is 8. The van der Waals surface area contributed by atoms with Crippen LogP contribution in [0.3, 0.4) is 0 Å². The summed E-state index contributed by atoms with van der Waals surface area (Å²) in [4.78, 5) is 13.7. The molecular weight excluding hydrogens is 472 g/mol. The number of hydrogen-bond donors (Lipinski definition) is 2. The van der Waals surface area contributed by atoms with Crippen molar-refractivity contribution < 1.29 is 14.6 Å². The zero-order valence-corrected chi connectivity index (χ0v) is 22.1. The first kappa shape index (κ1) is 25.8. The molecule has 196 valence electrons. The Morgan fingerprint density at radius 3 is 2.34 bits per heavy atom. The second kappa shape index (κ2) is 10.9. The number of aliphatic hydroxyl groups excluding tert-OH is 1. The van der Waals surface area contributed by atoms with E-state index in [-0.39, 0.29) is 0 Å². The number of nitrogen functional groups attached to an aromatic ring is 1. The van der Waals surface area contributed by atoms with Crippen LogP contribution in [0.1, 0.15) is 48.6 Å². The van der Waals surface area contributed by atoms with Gasteiger partial charge in [-0.25, -0.2) is 4.79 Å². The van der Waals surface area contributed by atoms with E-state index in [1.807, 2.05) is 72.5 Å². The van der Waals surface area contributed by atoms with Crippen molar-refractivity contribution in [2.24, 2.45) is 17.8 Å². The first-order valence-corrected chi connectivity index (χ1v) is 13.3. The molecule has 2 aliphatic carbocycles. The van der Waals surface area contributed by atoms with E-state index in [0.29, 0.717) is 11.8 Å². The monoisotopic (exact) mass is 508 g/mol. The summed E-state index contributed by atoms with van der Waals surface area (Å²) in [5.41, 5.74) is 13.2. The first-order valence-electron chi connectivity index (χ1n) is 13.3. The van der Waals surface area contributed by atoms with E-state index in [1.54, 1.807) is 6.08 Å². The molecule has 0 heterocycles. The molecule has 3 aromatic rings. The molecule has 2 fully saturated rings. The van der Waals surface area contributed by atoms with Gasteiger partial charge in [0.1, 0.15) is 0 Å². The Morgan fingerprint density at radius 2 is 1.74 bits per heavy atom. The molecular formula is C33H36N2O3. The largest absolute Gasteiger partial charge is 0.466 e. The van der Waals surface area contributed by atoms with E-state index in [2.05, 4.69) is 12.6 Å². The molecule has 3 N–H and O–H groups in total. The molecule has 4 unspecified atom stereocenters. The summed E-state index contributed by atoms with van der Waals surface area (Å²) in [7, 11) is 1.37. The van der Waals surface area contributed by atoms with Crippen molar-refractivity contribution in [3.63, 3.8) is 0 Å². The zero-order chi connectivity index (χ0) is 26.8. The lowest BCUT2D eigenvalue weighted by Gasteiger charge is -2.37. The number of nitrogens with two attached hydrogens (primary N) is 1. The number of esters is 1. The number of carbonyl (C=O) groups is 1. The van der Waals surface area contributed by atoms with Gasteiger partial charge >= 0.3 is 5.97 Å². The fourth-order valence-corrected chi connectivity index (χ4v) is 6.23. The maximum Gasteiger partial charge on any atom is 0.330 e. The predicted octanol–water partition coefficient (Wildman–Crippen LogP) is 6.88. The molecule has 0 amide bonds. The van der Waals surface area contributed by atoms with Crippen molar-refractivity contribution in [3.05, 3.63) is 102 Å². The Balaban J connectivity index is 1.49. The summed E-state index contributed by atoms with van der Waals surface area (Å²) in [6.45, 7) is 6.58. The standard InChI is InChI=1S/C33H36N2O3/c1-21-16-23(5-15-32(36)38-3)19-30(17-21)35(22(2)31-20-24-4-6-28(31)18-24)33(37)27-9-7-25(8-10-27)26-11-13-29(34)14-12-26/h5,7-17,19,24,28,31,33,37H,2,4,6,18,20,34H2,1,3H3/b15-5+. The molecule has 2 bridgehead atoms. The van der Waals surface area contributed by atoms with Crippen LogP contribution in [0.5, 0.6) is 0 Å². The van der Waals surface area contributed by atoms with Crippen LogP contribution < -0.4 is 10.6 Å². The van der Waals surface area contributed by atoms with Crippen molar-refractivity contribution >= 4 is 23.4 Å². The minimum atomic E-state index is -0.902. The first-order chi connectivity index (χ1) is 18.3. The fraction of sp³-hybridized carbons (Fsp3) is 0.303. The number of allylic oxidation sites excluding steroid dienone is 1. The Hall–Kier alpha value is -3.83. The van der Waals surface area contributed by atoms with Gasteiger partial charge in [-0.3, -0.25) is 0 Å². The number of ether oxygens (including phenoxy) is 1. The summed E-state index contributed by atoms with van der Waals surface area (Å²) in [5, 5.41) is 11.8. The van der Waals surface area contributed by atoms with Crippen molar-refractivity contribution in [1.29, 1.82) is 0 Å². The number of fused-ring (bicyclic) bond motifs is 2. The molecule has 4 atom stereocenters. The second-order valence-corrected chi connectivity index (χ2v) is 10.7. The third kappa shape index (κ3) is 5.39. The van der Waals surface area contributed by atoms with Crippen LogP contribution in [0, 0.1) is 24.7 Å². The Morgan fingerprint density at radius 1 is 1.05 bits per heavy atom. The molecule has 5 rings (SSSR count). The Kier molecular flexibility index (Phi) is 7.39. The van der Waals surface area contributed by atoms with E-state index < -0.39 is 12.2 Å². The molecule has 0 spiro atoms. The SMILES string of the molecule is C=C(C1CC2CCC1C2)N(c1cc(C)cc(/C=C/C(=O)OC)c1)C(O)c1ccc(-c2ccc(N)cc2)cc1. The van der Waals surface area contributed by atoms with Crippen molar-refractivity contribution in [1.82, 2.24) is 0 Å². The van der Waals surface area contributed by atoms with Gasteiger partial charge in [0.25, 0.3) is 0 Å². The van der Waals surface area contributed by atoms with Crippen molar-refractivity contribution in [3.8, 4) is 11.1 Å². The van der Waals surface area contributed by atoms with Gasteiger partial charge in [0, 0.05) is 34.6 Å². The molecule has 0 aliphatic heterocycles. The van der Waals surface area contributed by atoms with Crippen LogP contribution in [0.25, 0.3) is 17.2 Å². The summed E-state index contributed by atoms with van der Waals surface area (Å²) in [6.07, 6.45) is 7.18. The minimum Gasteiger partial charge on any atom is -0.466 e. The molecule has 2 saturated carbocycles. The van der Waals surface area contributed by atoms with E-state index in [9.17, 15) is 9.90 Å². The molecule has 0 aromatic heterocycles. The average molecular weight is 509 g/mol. The van der Waals surface area contributed by atoms with Crippen LogP contribution in [-0.2, 0) is 9.53 Å². The second-order valence-electron chi connectivity index (χ2n) is 10.7. The van der Waals surface area contributed by atoms with Crippen LogP contribution in [-0.4, -0.2) is 18.2 Å².